The molecule has 1 fully saturated rings. The molecule has 1 aliphatic heterocycles. The Bertz CT molecular complexity index is 406. The zero-order chi connectivity index (χ0) is 12.3. The number of Topliss-reactive ketones (excluding diaryl/α,β-unsaturated/α-hetero) is 1. The maximum Gasteiger partial charge on any atom is 0.188 e. The summed E-state index contributed by atoms with van der Waals surface area (Å²) in [6, 6.07) is 5.85. The van der Waals surface area contributed by atoms with Crippen molar-refractivity contribution in [2.75, 3.05) is 19.8 Å². The molecule has 0 bridgehead atoms. The van der Waals surface area contributed by atoms with Crippen LogP contribution in [0, 0.1) is 13.8 Å². The van der Waals surface area contributed by atoms with Gasteiger partial charge in [-0.2, -0.15) is 0 Å². The highest BCUT2D eigenvalue weighted by Gasteiger charge is 2.18. The molecule has 92 valence electrons. The molecule has 1 saturated heterocycles. The first-order valence-corrected chi connectivity index (χ1v) is 5.96. The van der Waals surface area contributed by atoms with Gasteiger partial charge in [-0.1, -0.05) is 23.8 Å². The Hall–Kier alpha value is -1.19. The average molecular weight is 234 g/mol. The second kappa shape index (κ2) is 5.43. The topological polar surface area (TPSA) is 35.5 Å². The summed E-state index contributed by atoms with van der Waals surface area (Å²) in [5.74, 6) is 0.0504. The van der Waals surface area contributed by atoms with E-state index in [2.05, 4.69) is 0 Å². The number of benzene rings is 1. The second-order valence-corrected chi connectivity index (χ2v) is 4.54. The first kappa shape index (κ1) is 12.3. The van der Waals surface area contributed by atoms with E-state index in [0.29, 0.717) is 6.61 Å². The third kappa shape index (κ3) is 3.14. The fourth-order valence-corrected chi connectivity index (χ4v) is 2.04. The van der Waals surface area contributed by atoms with Crippen LogP contribution >= 0.6 is 0 Å². The summed E-state index contributed by atoms with van der Waals surface area (Å²) in [6.07, 6.45) is 0.977. The molecule has 0 radical (unpaired) electrons. The van der Waals surface area contributed by atoms with Gasteiger partial charge in [0.05, 0.1) is 12.7 Å². The Morgan fingerprint density at radius 2 is 2.29 bits per heavy atom. The van der Waals surface area contributed by atoms with Gasteiger partial charge in [0.1, 0.15) is 6.61 Å². The Morgan fingerprint density at radius 3 is 2.94 bits per heavy atom. The minimum atomic E-state index is 0.0504. The van der Waals surface area contributed by atoms with E-state index in [0.717, 1.165) is 24.2 Å². The molecule has 0 spiro atoms. The van der Waals surface area contributed by atoms with Crippen molar-refractivity contribution in [1.82, 2.24) is 0 Å². The lowest BCUT2D eigenvalue weighted by Crippen LogP contribution is -2.19. The van der Waals surface area contributed by atoms with Crippen molar-refractivity contribution in [1.29, 1.82) is 0 Å². The molecule has 17 heavy (non-hydrogen) atoms. The molecule has 1 unspecified atom stereocenters. The predicted octanol–water partition coefficient (Wildman–Crippen LogP) is 2.29. The van der Waals surface area contributed by atoms with Crippen LogP contribution in [-0.2, 0) is 9.47 Å². The van der Waals surface area contributed by atoms with Crippen molar-refractivity contribution < 1.29 is 14.3 Å². The number of ketones is 1. The van der Waals surface area contributed by atoms with Gasteiger partial charge in [0.25, 0.3) is 0 Å². The normalized spacial score (nSPS) is 19.5. The number of carbonyl (C=O) groups excluding carboxylic acids is 1. The van der Waals surface area contributed by atoms with Gasteiger partial charge < -0.3 is 9.47 Å². The van der Waals surface area contributed by atoms with Crippen molar-refractivity contribution in [3.8, 4) is 0 Å². The quantitative estimate of drug-likeness (QED) is 0.750. The number of ether oxygens (including phenoxy) is 2. The molecule has 3 heteroatoms. The van der Waals surface area contributed by atoms with E-state index in [4.69, 9.17) is 9.47 Å². The molecule has 0 aliphatic carbocycles. The highest BCUT2D eigenvalue weighted by molar-refractivity contribution is 5.98. The van der Waals surface area contributed by atoms with Gasteiger partial charge >= 0.3 is 0 Å². The van der Waals surface area contributed by atoms with Crippen molar-refractivity contribution in [2.24, 2.45) is 0 Å². The SMILES string of the molecule is Cc1ccc(C(=O)COC2CCOC2)c(C)c1. The summed E-state index contributed by atoms with van der Waals surface area (Å²) in [6.45, 7) is 5.48. The van der Waals surface area contributed by atoms with Crippen molar-refractivity contribution >= 4 is 5.78 Å². The van der Waals surface area contributed by atoms with Crippen molar-refractivity contribution in [2.45, 2.75) is 26.4 Å². The van der Waals surface area contributed by atoms with Crippen LogP contribution in [-0.4, -0.2) is 31.7 Å². The second-order valence-electron chi connectivity index (χ2n) is 4.54. The summed E-state index contributed by atoms with van der Waals surface area (Å²) in [4.78, 5) is 12.0. The van der Waals surface area contributed by atoms with Gasteiger partial charge in [0, 0.05) is 12.2 Å². The van der Waals surface area contributed by atoms with Crippen molar-refractivity contribution in [3.05, 3.63) is 34.9 Å². The molecule has 1 aliphatic rings. The highest BCUT2D eigenvalue weighted by Crippen LogP contribution is 2.13. The van der Waals surface area contributed by atoms with E-state index in [1.165, 1.54) is 5.56 Å². The largest absolute Gasteiger partial charge is 0.379 e. The van der Waals surface area contributed by atoms with E-state index in [1.807, 2.05) is 32.0 Å². The highest BCUT2D eigenvalue weighted by atomic mass is 16.5. The molecule has 1 aromatic carbocycles. The molecular formula is C14H18O3. The minimum Gasteiger partial charge on any atom is -0.379 e. The molecule has 1 aromatic rings. The molecule has 1 atom stereocenters. The minimum absolute atomic E-state index is 0.0504. The van der Waals surface area contributed by atoms with Crippen molar-refractivity contribution in [3.63, 3.8) is 0 Å². The Labute approximate surface area is 102 Å². The fourth-order valence-electron chi connectivity index (χ4n) is 2.04. The summed E-state index contributed by atoms with van der Waals surface area (Å²) >= 11 is 0. The number of rotatable bonds is 4. The summed E-state index contributed by atoms with van der Waals surface area (Å²) < 4.78 is 10.7. The maximum atomic E-state index is 12.0. The Morgan fingerprint density at radius 1 is 1.47 bits per heavy atom. The van der Waals surface area contributed by atoms with Crippen LogP contribution in [0.2, 0.25) is 0 Å². The Kier molecular flexibility index (Phi) is 3.92. The van der Waals surface area contributed by atoms with E-state index in [9.17, 15) is 4.79 Å². The first-order chi connectivity index (χ1) is 8.16. The third-order valence-corrected chi connectivity index (χ3v) is 3.02. The summed E-state index contributed by atoms with van der Waals surface area (Å²) in [5.41, 5.74) is 2.94. The monoisotopic (exact) mass is 234 g/mol. The molecule has 3 nitrogen and oxygen atoms in total. The van der Waals surface area contributed by atoms with Gasteiger partial charge in [-0.15, -0.1) is 0 Å². The van der Waals surface area contributed by atoms with Crippen LogP contribution in [0.15, 0.2) is 18.2 Å². The van der Waals surface area contributed by atoms with Gasteiger partial charge in [-0.3, -0.25) is 4.79 Å². The molecular weight excluding hydrogens is 216 g/mol. The first-order valence-electron chi connectivity index (χ1n) is 5.96. The van der Waals surface area contributed by atoms with Crippen LogP contribution in [0.1, 0.15) is 27.9 Å². The lowest BCUT2D eigenvalue weighted by molar-refractivity contribution is 0.0390. The molecule has 0 saturated carbocycles. The van der Waals surface area contributed by atoms with E-state index in [1.54, 1.807) is 0 Å². The average Bonchev–Trinajstić information content (AvgIpc) is 2.78. The van der Waals surface area contributed by atoms with E-state index < -0.39 is 0 Å². The Balaban J connectivity index is 1.94. The van der Waals surface area contributed by atoms with Crippen LogP contribution in [0.25, 0.3) is 0 Å². The summed E-state index contributed by atoms with van der Waals surface area (Å²) in [7, 11) is 0. The molecule has 0 N–H and O–H groups in total. The third-order valence-electron chi connectivity index (χ3n) is 3.02. The number of hydrogen-bond acceptors (Lipinski definition) is 3. The van der Waals surface area contributed by atoms with Crippen LogP contribution in [0.4, 0.5) is 0 Å². The lowest BCUT2D eigenvalue weighted by Gasteiger charge is -2.10. The number of hydrogen-bond donors (Lipinski definition) is 0. The number of carbonyl (C=O) groups is 1. The zero-order valence-corrected chi connectivity index (χ0v) is 10.4. The van der Waals surface area contributed by atoms with E-state index in [-0.39, 0.29) is 18.5 Å². The van der Waals surface area contributed by atoms with Gasteiger partial charge in [-0.25, -0.2) is 0 Å². The fraction of sp³-hybridized carbons (Fsp3) is 0.500. The molecule has 2 rings (SSSR count). The molecule has 0 amide bonds. The van der Waals surface area contributed by atoms with Gasteiger partial charge in [0.2, 0.25) is 0 Å². The van der Waals surface area contributed by atoms with Gasteiger partial charge in [-0.05, 0) is 25.8 Å². The van der Waals surface area contributed by atoms with E-state index >= 15 is 0 Å². The summed E-state index contributed by atoms with van der Waals surface area (Å²) in [5, 5.41) is 0. The lowest BCUT2D eigenvalue weighted by atomic mass is 10.0. The zero-order valence-electron chi connectivity index (χ0n) is 10.4. The smallest absolute Gasteiger partial charge is 0.188 e. The standard InChI is InChI=1S/C14H18O3/c1-10-3-4-13(11(2)7-10)14(15)9-17-12-5-6-16-8-12/h3-4,7,12H,5-6,8-9H2,1-2H3. The maximum absolute atomic E-state index is 12.0. The molecule has 0 aromatic heterocycles. The van der Waals surface area contributed by atoms with Crippen LogP contribution < -0.4 is 0 Å². The molecule has 1 heterocycles. The predicted molar refractivity (Wildman–Crippen MR) is 65.4 cm³/mol. The van der Waals surface area contributed by atoms with Crippen LogP contribution in [0.5, 0.6) is 0 Å². The van der Waals surface area contributed by atoms with Gasteiger partial charge in [0.15, 0.2) is 5.78 Å². The number of aryl methyl sites for hydroxylation is 2. The van der Waals surface area contributed by atoms with Crippen LogP contribution in [0.3, 0.4) is 0 Å².